The van der Waals surface area contributed by atoms with Crippen molar-refractivity contribution in [2.45, 2.75) is 18.7 Å². The van der Waals surface area contributed by atoms with E-state index in [1.807, 2.05) is 0 Å². The molecule has 0 aliphatic carbocycles. The molecule has 2 rings (SSSR count). The van der Waals surface area contributed by atoms with E-state index < -0.39 is 14.9 Å². The Kier molecular flexibility index (Phi) is 4.84. The summed E-state index contributed by atoms with van der Waals surface area (Å²) in [6.45, 7) is 2.86. The molecule has 2 aromatic rings. The van der Waals surface area contributed by atoms with Gasteiger partial charge in [0, 0.05) is 30.4 Å². The Hall–Kier alpha value is -2.94. The van der Waals surface area contributed by atoms with Gasteiger partial charge >= 0.3 is 0 Å². The van der Waals surface area contributed by atoms with Gasteiger partial charge in [-0.2, -0.15) is 0 Å². The molecule has 0 bridgehead atoms. The van der Waals surface area contributed by atoms with Gasteiger partial charge in [-0.25, -0.2) is 8.42 Å². The summed E-state index contributed by atoms with van der Waals surface area (Å²) in [5.41, 5.74) is 0.941. The molecule has 0 heterocycles. The molecular formula is C15H15N3O5S. The number of nitrogens with one attached hydrogen (secondary N) is 2. The van der Waals surface area contributed by atoms with E-state index in [0.29, 0.717) is 11.4 Å². The Morgan fingerprint density at radius 1 is 1.08 bits per heavy atom. The Balaban J connectivity index is 2.25. The summed E-state index contributed by atoms with van der Waals surface area (Å²) < 4.78 is 27.2. The number of benzene rings is 2. The number of non-ortho nitro benzene ring substituents is 1. The van der Waals surface area contributed by atoms with Crippen LogP contribution in [0, 0.1) is 17.0 Å². The van der Waals surface area contributed by atoms with E-state index in [4.69, 9.17) is 0 Å². The first-order chi connectivity index (χ1) is 11.2. The first kappa shape index (κ1) is 17.4. The van der Waals surface area contributed by atoms with Crippen LogP contribution in [0.5, 0.6) is 0 Å². The third-order valence-corrected chi connectivity index (χ3v) is 4.66. The molecular weight excluding hydrogens is 334 g/mol. The van der Waals surface area contributed by atoms with Crippen LogP contribution in [-0.2, 0) is 14.8 Å². The predicted molar refractivity (Wildman–Crippen MR) is 89.4 cm³/mol. The van der Waals surface area contributed by atoms with E-state index in [0.717, 1.165) is 6.07 Å². The van der Waals surface area contributed by atoms with Gasteiger partial charge in [-0.1, -0.05) is 0 Å². The molecule has 126 valence electrons. The van der Waals surface area contributed by atoms with Gasteiger partial charge in [-0.3, -0.25) is 19.6 Å². The summed E-state index contributed by atoms with van der Waals surface area (Å²) in [6.07, 6.45) is 0. The van der Waals surface area contributed by atoms with E-state index >= 15 is 0 Å². The first-order valence-electron chi connectivity index (χ1n) is 6.84. The molecule has 0 saturated heterocycles. The monoisotopic (exact) mass is 349 g/mol. The lowest BCUT2D eigenvalue weighted by Crippen LogP contribution is -2.14. The van der Waals surface area contributed by atoms with Crippen molar-refractivity contribution in [3.8, 4) is 0 Å². The highest BCUT2D eigenvalue weighted by molar-refractivity contribution is 7.92. The van der Waals surface area contributed by atoms with Gasteiger partial charge in [0.25, 0.3) is 15.7 Å². The van der Waals surface area contributed by atoms with Gasteiger partial charge in [-0.05, 0) is 42.8 Å². The minimum Gasteiger partial charge on any atom is -0.326 e. The molecule has 0 radical (unpaired) electrons. The molecule has 2 aromatic carbocycles. The number of hydrogen-bond donors (Lipinski definition) is 2. The number of nitro groups is 1. The van der Waals surface area contributed by atoms with Crippen molar-refractivity contribution < 1.29 is 18.1 Å². The SMILES string of the molecule is CC(=O)Nc1ccc(NS(=O)(=O)c2ccc([N+](=O)[O-])cc2C)cc1. The van der Waals surface area contributed by atoms with E-state index in [1.165, 1.54) is 38.1 Å². The van der Waals surface area contributed by atoms with Crippen LogP contribution in [0.1, 0.15) is 12.5 Å². The maximum Gasteiger partial charge on any atom is 0.269 e. The van der Waals surface area contributed by atoms with Crippen molar-refractivity contribution in [2.75, 3.05) is 10.0 Å². The number of anilines is 2. The summed E-state index contributed by atoms with van der Waals surface area (Å²) in [4.78, 5) is 21.0. The predicted octanol–water partition coefficient (Wildman–Crippen LogP) is 2.66. The van der Waals surface area contributed by atoms with Crippen molar-refractivity contribution in [1.82, 2.24) is 0 Å². The van der Waals surface area contributed by atoms with Crippen molar-refractivity contribution >= 4 is 33.0 Å². The van der Waals surface area contributed by atoms with Gasteiger partial charge in [0.2, 0.25) is 5.91 Å². The van der Waals surface area contributed by atoms with Crippen molar-refractivity contribution in [3.63, 3.8) is 0 Å². The van der Waals surface area contributed by atoms with E-state index in [1.54, 1.807) is 12.1 Å². The molecule has 0 saturated carbocycles. The molecule has 0 atom stereocenters. The Morgan fingerprint density at radius 2 is 1.67 bits per heavy atom. The third kappa shape index (κ3) is 4.07. The first-order valence-corrected chi connectivity index (χ1v) is 8.33. The zero-order valence-corrected chi connectivity index (χ0v) is 13.8. The lowest BCUT2D eigenvalue weighted by Gasteiger charge is -2.11. The summed E-state index contributed by atoms with van der Waals surface area (Å²) in [5, 5.41) is 13.3. The largest absolute Gasteiger partial charge is 0.326 e. The lowest BCUT2D eigenvalue weighted by atomic mass is 10.2. The summed E-state index contributed by atoms with van der Waals surface area (Å²) in [7, 11) is -3.88. The topological polar surface area (TPSA) is 118 Å². The smallest absolute Gasteiger partial charge is 0.269 e. The zero-order valence-electron chi connectivity index (χ0n) is 12.9. The minimum atomic E-state index is -3.88. The molecule has 0 fully saturated rings. The van der Waals surface area contributed by atoms with Gasteiger partial charge in [0.1, 0.15) is 0 Å². The molecule has 0 spiro atoms. The summed E-state index contributed by atoms with van der Waals surface area (Å²) >= 11 is 0. The number of nitrogens with zero attached hydrogens (tertiary/aromatic N) is 1. The second-order valence-electron chi connectivity index (χ2n) is 5.07. The quantitative estimate of drug-likeness (QED) is 0.635. The third-order valence-electron chi connectivity index (χ3n) is 3.12. The molecule has 2 N–H and O–H groups in total. The summed E-state index contributed by atoms with van der Waals surface area (Å²) in [5.74, 6) is -0.232. The van der Waals surface area contributed by atoms with Crippen LogP contribution in [0.3, 0.4) is 0 Å². The van der Waals surface area contributed by atoms with Crippen LogP contribution >= 0.6 is 0 Å². The minimum absolute atomic E-state index is 0.0426. The van der Waals surface area contributed by atoms with Gasteiger partial charge in [0.05, 0.1) is 9.82 Å². The second-order valence-corrected chi connectivity index (χ2v) is 6.72. The van der Waals surface area contributed by atoms with Crippen LogP contribution in [0.4, 0.5) is 17.1 Å². The lowest BCUT2D eigenvalue weighted by molar-refractivity contribution is -0.385. The number of carbonyl (C=O) groups excluding carboxylic acids is 1. The molecule has 0 unspecified atom stereocenters. The van der Waals surface area contributed by atoms with Crippen LogP contribution in [-0.4, -0.2) is 19.2 Å². The molecule has 0 aromatic heterocycles. The van der Waals surface area contributed by atoms with Gasteiger partial charge < -0.3 is 5.32 Å². The number of amides is 1. The molecule has 8 nitrogen and oxygen atoms in total. The van der Waals surface area contributed by atoms with Gasteiger partial charge in [0.15, 0.2) is 0 Å². The zero-order chi connectivity index (χ0) is 17.9. The maximum atomic E-state index is 12.4. The fraction of sp³-hybridized carbons (Fsp3) is 0.133. The highest BCUT2D eigenvalue weighted by Crippen LogP contribution is 2.24. The Labute approximate surface area is 138 Å². The van der Waals surface area contributed by atoms with Gasteiger partial charge in [-0.15, -0.1) is 0 Å². The van der Waals surface area contributed by atoms with E-state index in [-0.39, 0.29) is 22.1 Å². The average molecular weight is 349 g/mol. The average Bonchev–Trinajstić information content (AvgIpc) is 2.48. The second kappa shape index (κ2) is 6.67. The fourth-order valence-electron chi connectivity index (χ4n) is 2.08. The van der Waals surface area contributed by atoms with Crippen LogP contribution in [0.2, 0.25) is 0 Å². The van der Waals surface area contributed by atoms with Crippen LogP contribution in [0.25, 0.3) is 0 Å². The van der Waals surface area contributed by atoms with Crippen molar-refractivity contribution in [2.24, 2.45) is 0 Å². The van der Waals surface area contributed by atoms with Crippen molar-refractivity contribution in [3.05, 3.63) is 58.1 Å². The standard InChI is InChI=1S/C15H15N3O5S/c1-10-9-14(18(20)21)7-8-15(10)24(22,23)17-13-5-3-12(4-6-13)16-11(2)19/h3-9,17H,1-2H3,(H,16,19). The molecule has 0 aliphatic heterocycles. The normalized spacial score (nSPS) is 10.9. The highest BCUT2D eigenvalue weighted by atomic mass is 32.2. The number of sulfonamides is 1. The Bertz CT molecular complexity index is 892. The maximum absolute atomic E-state index is 12.4. The van der Waals surface area contributed by atoms with Crippen LogP contribution in [0.15, 0.2) is 47.4 Å². The van der Waals surface area contributed by atoms with E-state index in [9.17, 15) is 23.3 Å². The molecule has 9 heteroatoms. The number of hydrogen-bond acceptors (Lipinski definition) is 5. The number of aryl methyl sites for hydroxylation is 1. The van der Waals surface area contributed by atoms with Crippen molar-refractivity contribution in [1.29, 1.82) is 0 Å². The van der Waals surface area contributed by atoms with E-state index in [2.05, 4.69) is 10.0 Å². The number of rotatable bonds is 5. The Morgan fingerprint density at radius 3 is 2.17 bits per heavy atom. The number of nitro benzene ring substituents is 1. The number of carbonyl (C=O) groups is 1. The highest BCUT2D eigenvalue weighted by Gasteiger charge is 2.19. The molecule has 0 aliphatic rings. The molecule has 24 heavy (non-hydrogen) atoms. The summed E-state index contributed by atoms with van der Waals surface area (Å²) in [6, 6.07) is 9.66. The fourth-order valence-corrected chi connectivity index (χ4v) is 3.37. The van der Waals surface area contributed by atoms with Crippen LogP contribution < -0.4 is 10.0 Å². The molecule has 1 amide bonds.